The number of nitrogens with two attached hydrogens (primary N) is 1. The molecule has 0 amide bonds. The minimum absolute atomic E-state index is 0.0971. The fourth-order valence-corrected chi connectivity index (χ4v) is 1.87. The molecule has 0 aliphatic heterocycles. The molecule has 1 unspecified atom stereocenters. The third kappa shape index (κ3) is 2.65. The Labute approximate surface area is 101 Å². The van der Waals surface area contributed by atoms with Crippen LogP contribution in [0.4, 0.5) is 5.69 Å². The summed E-state index contributed by atoms with van der Waals surface area (Å²) in [5, 5.41) is 3.42. The molecule has 90 valence electrons. The summed E-state index contributed by atoms with van der Waals surface area (Å²) in [5.74, 6) is 0. The summed E-state index contributed by atoms with van der Waals surface area (Å²) < 4.78 is 2.10. The average molecular weight is 230 g/mol. The van der Waals surface area contributed by atoms with Gasteiger partial charge in [0.05, 0.1) is 24.3 Å². The van der Waals surface area contributed by atoms with E-state index in [4.69, 9.17) is 5.73 Å². The first kappa shape index (κ1) is 11.7. The summed E-state index contributed by atoms with van der Waals surface area (Å²) in [6.07, 6.45) is 3.71. The van der Waals surface area contributed by atoms with E-state index in [1.165, 1.54) is 0 Å². The lowest BCUT2D eigenvalue weighted by molar-refractivity contribution is 0.654. The van der Waals surface area contributed by atoms with Gasteiger partial charge < -0.3 is 15.6 Å². The maximum Gasteiger partial charge on any atom is 0.0948 e. The Kier molecular flexibility index (Phi) is 3.77. The first-order chi connectivity index (χ1) is 8.35. The van der Waals surface area contributed by atoms with E-state index in [2.05, 4.69) is 21.8 Å². The van der Waals surface area contributed by atoms with Crippen molar-refractivity contribution >= 4 is 5.69 Å². The Morgan fingerprint density at radius 2 is 2.12 bits per heavy atom. The van der Waals surface area contributed by atoms with Crippen molar-refractivity contribution in [2.24, 2.45) is 5.73 Å². The number of anilines is 1. The maximum atomic E-state index is 5.83. The summed E-state index contributed by atoms with van der Waals surface area (Å²) in [7, 11) is 0. The molecule has 0 aliphatic rings. The predicted molar refractivity (Wildman–Crippen MR) is 69.8 cm³/mol. The molecule has 0 fully saturated rings. The van der Waals surface area contributed by atoms with Gasteiger partial charge in [-0.05, 0) is 19.1 Å². The third-order valence-corrected chi connectivity index (χ3v) is 2.79. The number of imidazole rings is 1. The lowest BCUT2D eigenvalue weighted by Crippen LogP contribution is -2.23. The molecule has 1 aromatic heterocycles. The Morgan fingerprint density at radius 3 is 2.76 bits per heavy atom. The first-order valence-corrected chi connectivity index (χ1v) is 5.86. The van der Waals surface area contributed by atoms with Crippen molar-refractivity contribution in [3.8, 4) is 0 Å². The summed E-state index contributed by atoms with van der Waals surface area (Å²) in [6, 6.07) is 10.2. The first-order valence-electron chi connectivity index (χ1n) is 5.86. The number of hydrogen-bond donors (Lipinski definition) is 2. The second-order valence-corrected chi connectivity index (χ2v) is 3.90. The Hall–Kier alpha value is -1.81. The Balaban J connectivity index is 2.17. The molecular formula is C13H18N4. The van der Waals surface area contributed by atoms with Gasteiger partial charge in [-0.1, -0.05) is 18.2 Å². The molecule has 1 aromatic carbocycles. The van der Waals surface area contributed by atoms with Crippen LogP contribution in [0.2, 0.25) is 0 Å². The molecule has 0 saturated heterocycles. The van der Waals surface area contributed by atoms with Gasteiger partial charge in [-0.3, -0.25) is 0 Å². The second-order valence-electron chi connectivity index (χ2n) is 3.90. The molecule has 2 rings (SSSR count). The molecule has 3 N–H and O–H groups in total. The standard InChI is InChI=1S/C13H18N4/c1-2-17-10-15-9-13(17)12(8-14)16-11-6-4-3-5-7-11/h3-7,9-10,12,16H,2,8,14H2,1H3. The number of nitrogens with one attached hydrogen (secondary N) is 1. The highest BCUT2D eigenvalue weighted by Crippen LogP contribution is 2.18. The molecule has 0 bridgehead atoms. The molecule has 0 spiro atoms. The highest BCUT2D eigenvalue weighted by molar-refractivity contribution is 5.44. The quantitative estimate of drug-likeness (QED) is 0.826. The summed E-state index contributed by atoms with van der Waals surface area (Å²) in [5.41, 5.74) is 8.03. The molecule has 1 atom stereocenters. The van der Waals surface area contributed by atoms with E-state index in [9.17, 15) is 0 Å². The molecule has 1 heterocycles. The summed E-state index contributed by atoms with van der Waals surface area (Å²) in [6.45, 7) is 3.55. The third-order valence-electron chi connectivity index (χ3n) is 2.79. The topological polar surface area (TPSA) is 55.9 Å². The minimum atomic E-state index is 0.0971. The normalized spacial score (nSPS) is 12.4. The van der Waals surface area contributed by atoms with E-state index in [0.717, 1.165) is 17.9 Å². The van der Waals surface area contributed by atoms with Crippen molar-refractivity contribution in [3.63, 3.8) is 0 Å². The SMILES string of the molecule is CCn1cncc1C(CN)Nc1ccccc1. The number of nitrogens with zero attached hydrogens (tertiary/aromatic N) is 2. The Bertz CT molecular complexity index is 449. The van der Waals surface area contributed by atoms with Crippen LogP contribution in [0.1, 0.15) is 18.7 Å². The maximum absolute atomic E-state index is 5.83. The molecule has 4 heteroatoms. The zero-order chi connectivity index (χ0) is 12.1. The van der Waals surface area contributed by atoms with Crippen molar-refractivity contribution in [2.75, 3.05) is 11.9 Å². The molecule has 17 heavy (non-hydrogen) atoms. The van der Waals surface area contributed by atoms with Gasteiger partial charge in [0, 0.05) is 18.8 Å². The van der Waals surface area contributed by atoms with Crippen molar-refractivity contribution in [1.29, 1.82) is 0 Å². The van der Waals surface area contributed by atoms with Gasteiger partial charge in [-0.2, -0.15) is 0 Å². The number of hydrogen-bond acceptors (Lipinski definition) is 3. The van der Waals surface area contributed by atoms with Crippen LogP contribution in [0, 0.1) is 0 Å². The smallest absolute Gasteiger partial charge is 0.0948 e. The molecule has 4 nitrogen and oxygen atoms in total. The van der Waals surface area contributed by atoms with E-state index in [1.807, 2.05) is 42.9 Å². The van der Waals surface area contributed by atoms with Gasteiger partial charge in [-0.25, -0.2) is 4.98 Å². The van der Waals surface area contributed by atoms with Gasteiger partial charge in [0.1, 0.15) is 0 Å². The zero-order valence-corrected chi connectivity index (χ0v) is 10.0. The van der Waals surface area contributed by atoms with Crippen LogP contribution in [-0.2, 0) is 6.54 Å². The van der Waals surface area contributed by atoms with Gasteiger partial charge in [-0.15, -0.1) is 0 Å². The van der Waals surface area contributed by atoms with Crippen molar-refractivity contribution < 1.29 is 0 Å². The van der Waals surface area contributed by atoms with E-state index < -0.39 is 0 Å². The Morgan fingerprint density at radius 1 is 1.35 bits per heavy atom. The van der Waals surface area contributed by atoms with Crippen LogP contribution in [-0.4, -0.2) is 16.1 Å². The van der Waals surface area contributed by atoms with Crippen LogP contribution in [0.5, 0.6) is 0 Å². The number of rotatable bonds is 5. The van der Waals surface area contributed by atoms with Crippen LogP contribution in [0.15, 0.2) is 42.9 Å². The number of aromatic nitrogens is 2. The van der Waals surface area contributed by atoms with E-state index in [1.54, 1.807) is 0 Å². The minimum Gasteiger partial charge on any atom is -0.375 e. The fraction of sp³-hybridized carbons (Fsp3) is 0.308. The number of benzene rings is 1. The van der Waals surface area contributed by atoms with E-state index >= 15 is 0 Å². The van der Waals surface area contributed by atoms with Gasteiger partial charge in [0.25, 0.3) is 0 Å². The van der Waals surface area contributed by atoms with Crippen LogP contribution in [0.25, 0.3) is 0 Å². The molecular weight excluding hydrogens is 212 g/mol. The van der Waals surface area contributed by atoms with Crippen molar-refractivity contribution in [2.45, 2.75) is 19.5 Å². The molecule has 2 aromatic rings. The van der Waals surface area contributed by atoms with E-state index in [0.29, 0.717) is 6.54 Å². The largest absolute Gasteiger partial charge is 0.375 e. The van der Waals surface area contributed by atoms with Crippen LogP contribution in [0.3, 0.4) is 0 Å². The molecule has 0 aliphatic carbocycles. The number of para-hydroxylation sites is 1. The molecule has 0 radical (unpaired) electrons. The summed E-state index contributed by atoms with van der Waals surface area (Å²) in [4.78, 5) is 4.17. The van der Waals surface area contributed by atoms with Gasteiger partial charge in [0.15, 0.2) is 0 Å². The van der Waals surface area contributed by atoms with Crippen molar-refractivity contribution in [1.82, 2.24) is 9.55 Å². The lowest BCUT2D eigenvalue weighted by atomic mass is 10.2. The highest BCUT2D eigenvalue weighted by atomic mass is 15.1. The average Bonchev–Trinajstić information content (AvgIpc) is 2.85. The fourth-order valence-electron chi connectivity index (χ4n) is 1.87. The lowest BCUT2D eigenvalue weighted by Gasteiger charge is -2.19. The van der Waals surface area contributed by atoms with Gasteiger partial charge >= 0.3 is 0 Å². The monoisotopic (exact) mass is 230 g/mol. The van der Waals surface area contributed by atoms with Crippen LogP contribution < -0.4 is 11.1 Å². The van der Waals surface area contributed by atoms with Crippen molar-refractivity contribution in [3.05, 3.63) is 48.5 Å². The molecule has 0 saturated carbocycles. The van der Waals surface area contributed by atoms with Gasteiger partial charge in [0.2, 0.25) is 0 Å². The number of aryl methyl sites for hydroxylation is 1. The van der Waals surface area contributed by atoms with Crippen LogP contribution >= 0.6 is 0 Å². The second kappa shape index (κ2) is 5.50. The van der Waals surface area contributed by atoms with E-state index in [-0.39, 0.29) is 6.04 Å². The predicted octanol–water partition coefficient (Wildman–Crippen LogP) is 2.01. The highest BCUT2D eigenvalue weighted by Gasteiger charge is 2.13. The summed E-state index contributed by atoms with van der Waals surface area (Å²) >= 11 is 0. The zero-order valence-electron chi connectivity index (χ0n) is 10.0.